The van der Waals surface area contributed by atoms with Crippen molar-refractivity contribution in [1.82, 2.24) is 14.8 Å². The van der Waals surface area contributed by atoms with Gasteiger partial charge < -0.3 is 14.8 Å². The molecule has 6 nitrogen and oxygen atoms in total. The number of likely N-dealkylation sites (tertiary alicyclic amines) is 2. The highest BCUT2D eigenvalue weighted by Gasteiger charge is 2.29. The van der Waals surface area contributed by atoms with E-state index in [1.807, 2.05) is 18.3 Å². The largest absolute Gasteiger partial charge is 0.454 e. The van der Waals surface area contributed by atoms with E-state index in [1.54, 1.807) is 0 Å². The van der Waals surface area contributed by atoms with Crippen molar-refractivity contribution in [2.45, 2.75) is 44.3 Å². The number of nitrogens with zero attached hydrogens (tertiary/aromatic N) is 3. The number of hydrogen-bond acceptors (Lipinski definition) is 6. The predicted molar refractivity (Wildman–Crippen MR) is 113 cm³/mol. The van der Waals surface area contributed by atoms with E-state index in [9.17, 15) is 0 Å². The number of pyridine rings is 1. The summed E-state index contributed by atoms with van der Waals surface area (Å²) < 4.78 is 10.9. The Morgan fingerprint density at radius 2 is 1.90 bits per heavy atom. The lowest BCUT2D eigenvalue weighted by Crippen LogP contribution is -2.50. The van der Waals surface area contributed by atoms with Crippen molar-refractivity contribution < 1.29 is 9.47 Å². The first kappa shape index (κ1) is 18.7. The zero-order chi connectivity index (χ0) is 19.5. The molecule has 154 valence electrons. The highest BCUT2D eigenvalue weighted by Crippen LogP contribution is 2.35. The molecule has 2 aromatic rings. The summed E-state index contributed by atoms with van der Waals surface area (Å²) in [6, 6.07) is 13.6. The molecule has 3 aliphatic rings. The van der Waals surface area contributed by atoms with Gasteiger partial charge in [-0.3, -0.25) is 14.8 Å². The van der Waals surface area contributed by atoms with Crippen molar-refractivity contribution in [2.75, 3.05) is 38.3 Å². The topological polar surface area (TPSA) is 49.9 Å². The average molecular weight is 395 g/mol. The van der Waals surface area contributed by atoms with Gasteiger partial charge in [0.25, 0.3) is 0 Å². The number of fused-ring (bicyclic) bond motifs is 1. The summed E-state index contributed by atoms with van der Waals surface area (Å²) in [5.74, 6) is 1.70. The molecule has 1 atom stereocenters. The van der Waals surface area contributed by atoms with E-state index in [2.05, 4.69) is 44.4 Å². The smallest absolute Gasteiger partial charge is 0.231 e. The summed E-state index contributed by atoms with van der Waals surface area (Å²) in [4.78, 5) is 9.74. The normalized spacial score (nSPS) is 23.2. The van der Waals surface area contributed by atoms with E-state index >= 15 is 0 Å². The van der Waals surface area contributed by atoms with Gasteiger partial charge >= 0.3 is 0 Å². The van der Waals surface area contributed by atoms with Crippen LogP contribution in [0.4, 0.5) is 5.69 Å². The molecule has 0 radical (unpaired) electrons. The second-order valence-electron chi connectivity index (χ2n) is 8.37. The SMILES string of the molecule is c1ccc(CN2CCC(N3CCCC(Nc4ccc5c(c4)OCO5)C3)CC2)nc1. The Bertz CT molecular complexity index is 808. The number of piperidine rings is 2. The monoisotopic (exact) mass is 394 g/mol. The van der Waals surface area contributed by atoms with Gasteiger partial charge in [-0.15, -0.1) is 0 Å². The Morgan fingerprint density at radius 1 is 1.00 bits per heavy atom. The number of rotatable bonds is 5. The Balaban J connectivity index is 1.12. The minimum Gasteiger partial charge on any atom is -0.454 e. The summed E-state index contributed by atoms with van der Waals surface area (Å²) in [6.07, 6.45) is 6.89. The van der Waals surface area contributed by atoms with Crippen molar-refractivity contribution >= 4 is 5.69 Å². The third-order valence-corrected chi connectivity index (χ3v) is 6.38. The van der Waals surface area contributed by atoms with Crippen LogP contribution < -0.4 is 14.8 Å². The number of aromatic nitrogens is 1. The first-order valence-corrected chi connectivity index (χ1v) is 10.9. The van der Waals surface area contributed by atoms with Crippen molar-refractivity contribution in [1.29, 1.82) is 0 Å². The molecule has 2 saturated heterocycles. The van der Waals surface area contributed by atoms with E-state index in [0.29, 0.717) is 18.9 Å². The predicted octanol–water partition coefficient (Wildman–Crippen LogP) is 3.35. The van der Waals surface area contributed by atoms with Crippen molar-refractivity contribution in [3.63, 3.8) is 0 Å². The molecule has 29 heavy (non-hydrogen) atoms. The lowest BCUT2D eigenvalue weighted by atomic mass is 9.97. The molecule has 4 heterocycles. The fourth-order valence-electron chi connectivity index (χ4n) is 4.84. The first-order chi connectivity index (χ1) is 14.3. The molecule has 2 fully saturated rings. The third kappa shape index (κ3) is 4.49. The fourth-order valence-corrected chi connectivity index (χ4v) is 4.84. The van der Waals surface area contributed by atoms with Gasteiger partial charge in [0.1, 0.15) is 0 Å². The molecule has 1 N–H and O–H groups in total. The lowest BCUT2D eigenvalue weighted by molar-refractivity contribution is 0.0851. The van der Waals surface area contributed by atoms with Crippen LogP contribution in [-0.4, -0.2) is 59.8 Å². The Kier molecular flexibility index (Phi) is 5.54. The highest BCUT2D eigenvalue weighted by atomic mass is 16.7. The number of anilines is 1. The summed E-state index contributed by atoms with van der Waals surface area (Å²) in [7, 11) is 0. The quantitative estimate of drug-likeness (QED) is 0.839. The van der Waals surface area contributed by atoms with Gasteiger partial charge in [-0.05, 0) is 56.5 Å². The first-order valence-electron chi connectivity index (χ1n) is 10.9. The third-order valence-electron chi connectivity index (χ3n) is 6.38. The fraction of sp³-hybridized carbons (Fsp3) is 0.522. The van der Waals surface area contributed by atoms with Crippen LogP contribution in [0.3, 0.4) is 0 Å². The van der Waals surface area contributed by atoms with Crippen LogP contribution in [0.1, 0.15) is 31.4 Å². The van der Waals surface area contributed by atoms with E-state index in [1.165, 1.54) is 37.9 Å². The number of ether oxygens (including phenoxy) is 2. The zero-order valence-corrected chi connectivity index (χ0v) is 16.9. The molecule has 1 aromatic carbocycles. The van der Waals surface area contributed by atoms with E-state index < -0.39 is 0 Å². The van der Waals surface area contributed by atoms with Crippen LogP contribution >= 0.6 is 0 Å². The molecule has 6 heteroatoms. The number of hydrogen-bond donors (Lipinski definition) is 1. The summed E-state index contributed by atoms with van der Waals surface area (Å²) in [6.45, 7) is 5.98. The van der Waals surface area contributed by atoms with Crippen LogP contribution in [0.15, 0.2) is 42.6 Å². The molecule has 1 aromatic heterocycles. The molecule has 3 aliphatic heterocycles. The summed E-state index contributed by atoms with van der Waals surface area (Å²) >= 11 is 0. The number of nitrogens with one attached hydrogen (secondary N) is 1. The maximum absolute atomic E-state index is 5.52. The molecule has 0 bridgehead atoms. The molecule has 0 amide bonds. The minimum absolute atomic E-state index is 0.328. The van der Waals surface area contributed by atoms with Gasteiger partial charge in [0, 0.05) is 56.2 Å². The standard InChI is InChI=1S/C23H30N4O2/c1-2-10-24-19(4-1)15-26-12-8-21(9-13-26)27-11-3-5-20(16-27)25-18-6-7-22-23(14-18)29-17-28-22/h1-2,4,6-7,10,14,20-21,25H,3,5,8-9,11-13,15-17H2. The molecule has 0 saturated carbocycles. The molecular weight excluding hydrogens is 364 g/mol. The molecule has 1 unspecified atom stereocenters. The van der Waals surface area contributed by atoms with Gasteiger partial charge in [0.2, 0.25) is 6.79 Å². The Hall–Kier alpha value is -2.31. The highest BCUT2D eigenvalue weighted by molar-refractivity contribution is 5.56. The van der Waals surface area contributed by atoms with Crippen molar-refractivity contribution in [2.24, 2.45) is 0 Å². The Morgan fingerprint density at radius 3 is 2.76 bits per heavy atom. The van der Waals surface area contributed by atoms with Gasteiger partial charge in [-0.25, -0.2) is 0 Å². The van der Waals surface area contributed by atoms with Crippen molar-refractivity contribution in [3.05, 3.63) is 48.3 Å². The van der Waals surface area contributed by atoms with Crippen LogP contribution in [0.2, 0.25) is 0 Å². The van der Waals surface area contributed by atoms with Crippen LogP contribution in [0.5, 0.6) is 11.5 Å². The maximum Gasteiger partial charge on any atom is 0.231 e. The summed E-state index contributed by atoms with van der Waals surface area (Å²) in [5.41, 5.74) is 2.31. The molecule has 0 spiro atoms. The zero-order valence-electron chi connectivity index (χ0n) is 16.9. The molecular formula is C23H30N4O2. The van der Waals surface area contributed by atoms with E-state index in [4.69, 9.17) is 9.47 Å². The summed E-state index contributed by atoms with van der Waals surface area (Å²) in [5, 5.41) is 3.73. The maximum atomic E-state index is 5.52. The molecule has 0 aliphatic carbocycles. The second-order valence-corrected chi connectivity index (χ2v) is 8.37. The van der Waals surface area contributed by atoms with E-state index in [0.717, 1.165) is 43.4 Å². The van der Waals surface area contributed by atoms with Crippen LogP contribution in [0, 0.1) is 0 Å². The molecule has 5 rings (SSSR count). The van der Waals surface area contributed by atoms with Gasteiger partial charge in [-0.1, -0.05) is 6.07 Å². The van der Waals surface area contributed by atoms with Crippen LogP contribution in [-0.2, 0) is 6.54 Å². The minimum atomic E-state index is 0.328. The number of benzene rings is 1. The van der Waals surface area contributed by atoms with Crippen LogP contribution in [0.25, 0.3) is 0 Å². The van der Waals surface area contributed by atoms with Gasteiger partial charge in [0.15, 0.2) is 11.5 Å². The average Bonchev–Trinajstić information content (AvgIpc) is 3.23. The second kappa shape index (κ2) is 8.59. The van der Waals surface area contributed by atoms with Crippen molar-refractivity contribution in [3.8, 4) is 11.5 Å². The lowest BCUT2D eigenvalue weighted by Gasteiger charge is -2.42. The Labute approximate surface area is 172 Å². The van der Waals surface area contributed by atoms with Gasteiger partial charge in [-0.2, -0.15) is 0 Å². The van der Waals surface area contributed by atoms with Gasteiger partial charge in [0.05, 0.1) is 5.69 Å². The van der Waals surface area contributed by atoms with E-state index in [-0.39, 0.29) is 0 Å².